The lowest BCUT2D eigenvalue weighted by atomic mass is 10.1. The zero-order valence-corrected chi connectivity index (χ0v) is 12.7. The van der Waals surface area contributed by atoms with E-state index < -0.39 is 23.2 Å². The molecule has 0 saturated heterocycles. The molecule has 0 atom stereocenters. The number of hydrogen-bond donors (Lipinski definition) is 1. The van der Waals surface area contributed by atoms with Gasteiger partial charge in [0.15, 0.2) is 0 Å². The summed E-state index contributed by atoms with van der Waals surface area (Å²) >= 11 is 0. The average molecular weight is 330 g/mol. The van der Waals surface area contributed by atoms with E-state index in [4.69, 9.17) is 0 Å². The summed E-state index contributed by atoms with van der Waals surface area (Å²) in [6.45, 7) is 1.80. The number of aromatic nitrogens is 1. The first kappa shape index (κ1) is 16.0. The number of alkyl halides is 3. The number of para-hydroxylation sites is 1. The lowest BCUT2D eigenvalue weighted by molar-refractivity contribution is -0.137. The molecule has 0 saturated carbocycles. The van der Waals surface area contributed by atoms with Gasteiger partial charge in [-0.05, 0) is 31.2 Å². The van der Waals surface area contributed by atoms with Crippen molar-refractivity contribution in [2.45, 2.75) is 13.1 Å². The van der Waals surface area contributed by atoms with Gasteiger partial charge < -0.3 is 5.32 Å². The third kappa shape index (κ3) is 3.08. The summed E-state index contributed by atoms with van der Waals surface area (Å²) in [7, 11) is 0. The highest BCUT2D eigenvalue weighted by Gasteiger charge is 2.34. The number of nitrogens with one attached hydrogen (secondary N) is 1. The Morgan fingerprint density at radius 1 is 1.00 bits per heavy atom. The summed E-state index contributed by atoms with van der Waals surface area (Å²) in [5, 5.41) is 3.33. The molecule has 0 aliphatic rings. The standard InChI is InChI=1S/C18H13F3N2O/c1-11-9-10-12-5-4-8-15(16(12)22-11)23-17(24)13-6-2-3-7-14(13)18(19,20)21/h2-10H,1H3,(H,23,24). The van der Waals surface area contributed by atoms with Crippen LogP contribution in [0.4, 0.5) is 18.9 Å². The molecule has 0 aliphatic carbocycles. The fourth-order valence-corrected chi connectivity index (χ4v) is 2.46. The van der Waals surface area contributed by atoms with Crippen molar-refractivity contribution in [3.8, 4) is 0 Å². The highest BCUT2D eigenvalue weighted by Crippen LogP contribution is 2.32. The van der Waals surface area contributed by atoms with Crippen molar-refractivity contribution in [3.05, 3.63) is 71.4 Å². The number of amides is 1. The number of fused-ring (bicyclic) bond motifs is 1. The molecule has 0 spiro atoms. The van der Waals surface area contributed by atoms with E-state index in [1.165, 1.54) is 12.1 Å². The molecule has 1 heterocycles. The molecule has 0 bridgehead atoms. The lowest BCUT2D eigenvalue weighted by Gasteiger charge is -2.13. The van der Waals surface area contributed by atoms with Gasteiger partial charge >= 0.3 is 6.18 Å². The smallest absolute Gasteiger partial charge is 0.320 e. The lowest BCUT2D eigenvalue weighted by Crippen LogP contribution is -2.18. The van der Waals surface area contributed by atoms with Gasteiger partial charge in [-0.15, -0.1) is 0 Å². The van der Waals surface area contributed by atoms with E-state index in [9.17, 15) is 18.0 Å². The van der Waals surface area contributed by atoms with Crippen LogP contribution >= 0.6 is 0 Å². The Morgan fingerprint density at radius 3 is 2.50 bits per heavy atom. The molecule has 3 aromatic rings. The van der Waals surface area contributed by atoms with Crippen molar-refractivity contribution in [2.75, 3.05) is 5.32 Å². The van der Waals surface area contributed by atoms with E-state index >= 15 is 0 Å². The molecule has 122 valence electrons. The molecule has 24 heavy (non-hydrogen) atoms. The predicted molar refractivity (Wildman–Crippen MR) is 85.9 cm³/mol. The maximum Gasteiger partial charge on any atom is 0.417 e. The molecule has 0 fully saturated rings. The van der Waals surface area contributed by atoms with Gasteiger partial charge in [0, 0.05) is 11.1 Å². The molecule has 0 aliphatic heterocycles. The van der Waals surface area contributed by atoms with Crippen LogP contribution < -0.4 is 5.32 Å². The Balaban J connectivity index is 2.02. The fourth-order valence-electron chi connectivity index (χ4n) is 2.46. The summed E-state index contributed by atoms with van der Waals surface area (Å²) in [6.07, 6.45) is -4.60. The number of benzene rings is 2. The second-order valence-electron chi connectivity index (χ2n) is 5.33. The summed E-state index contributed by atoms with van der Waals surface area (Å²) in [6, 6.07) is 13.5. The largest absolute Gasteiger partial charge is 0.417 e. The number of halogens is 3. The maximum atomic E-state index is 13.1. The topological polar surface area (TPSA) is 42.0 Å². The number of rotatable bonds is 2. The van der Waals surface area contributed by atoms with Crippen LogP contribution in [0.25, 0.3) is 10.9 Å². The number of carbonyl (C=O) groups is 1. The van der Waals surface area contributed by atoms with Crippen LogP contribution in [-0.4, -0.2) is 10.9 Å². The molecule has 1 aromatic heterocycles. The third-order valence-electron chi connectivity index (χ3n) is 3.58. The predicted octanol–water partition coefficient (Wildman–Crippen LogP) is 4.81. The molecule has 2 aromatic carbocycles. The van der Waals surface area contributed by atoms with Gasteiger partial charge in [0.05, 0.1) is 22.3 Å². The number of aryl methyl sites for hydroxylation is 1. The van der Waals surface area contributed by atoms with Gasteiger partial charge in [0.25, 0.3) is 5.91 Å². The van der Waals surface area contributed by atoms with Gasteiger partial charge in [0.1, 0.15) is 0 Å². The summed E-state index contributed by atoms with van der Waals surface area (Å²) in [5.41, 5.74) is 0.273. The zero-order valence-electron chi connectivity index (χ0n) is 12.7. The quantitative estimate of drug-likeness (QED) is 0.732. The van der Waals surface area contributed by atoms with E-state index in [1.807, 2.05) is 18.2 Å². The minimum absolute atomic E-state index is 0.373. The maximum absolute atomic E-state index is 13.1. The van der Waals surface area contributed by atoms with Crippen LogP contribution in [0.5, 0.6) is 0 Å². The van der Waals surface area contributed by atoms with E-state index in [0.29, 0.717) is 11.2 Å². The molecule has 1 amide bonds. The number of anilines is 1. The van der Waals surface area contributed by atoms with Crippen molar-refractivity contribution in [2.24, 2.45) is 0 Å². The summed E-state index contributed by atoms with van der Waals surface area (Å²) in [4.78, 5) is 16.7. The summed E-state index contributed by atoms with van der Waals surface area (Å²) < 4.78 is 39.2. The first-order valence-electron chi connectivity index (χ1n) is 7.20. The third-order valence-corrected chi connectivity index (χ3v) is 3.58. The van der Waals surface area contributed by atoms with E-state index in [-0.39, 0.29) is 0 Å². The molecule has 6 heteroatoms. The minimum Gasteiger partial charge on any atom is -0.320 e. The van der Waals surface area contributed by atoms with E-state index in [1.54, 1.807) is 19.1 Å². The van der Waals surface area contributed by atoms with Crippen molar-refractivity contribution in [3.63, 3.8) is 0 Å². The normalized spacial score (nSPS) is 11.5. The Labute approximate surface area is 136 Å². The second kappa shape index (κ2) is 5.96. The number of nitrogens with zero attached hydrogens (tertiary/aromatic N) is 1. The van der Waals surface area contributed by atoms with Crippen LogP contribution in [-0.2, 0) is 6.18 Å². The zero-order chi connectivity index (χ0) is 17.3. The van der Waals surface area contributed by atoms with Gasteiger partial charge in [-0.25, -0.2) is 0 Å². The first-order valence-corrected chi connectivity index (χ1v) is 7.20. The minimum atomic E-state index is -4.60. The molecular formula is C18H13F3N2O. The molecule has 3 rings (SSSR count). The van der Waals surface area contributed by atoms with Crippen molar-refractivity contribution in [1.29, 1.82) is 0 Å². The first-order chi connectivity index (χ1) is 11.4. The molecule has 0 radical (unpaired) electrons. The summed E-state index contributed by atoms with van der Waals surface area (Å²) in [5.74, 6) is -0.821. The van der Waals surface area contributed by atoms with Gasteiger partial charge in [-0.2, -0.15) is 13.2 Å². The number of hydrogen-bond acceptors (Lipinski definition) is 2. The Hall–Kier alpha value is -2.89. The van der Waals surface area contributed by atoms with E-state index in [2.05, 4.69) is 10.3 Å². The van der Waals surface area contributed by atoms with Crippen LogP contribution in [0.1, 0.15) is 21.6 Å². The molecular weight excluding hydrogens is 317 g/mol. The van der Waals surface area contributed by atoms with Crippen molar-refractivity contribution in [1.82, 2.24) is 4.98 Å². The molecule has 3 nitrogen and oxygen atoms in total. The number of carbonyl (C=O) groups excluding carboxylic acids is 1. The molecule has 1 N–H and O–H groups in total. The fraction of sp³-hybridized carbons (Fsp3) is 0.111. The Morgan fingerprint density at radius 2 is 1.75 bits per heavy atom. The van der Waals surface area contributed by atoms with Crippen molar-refractivity contribution >= 4 is 22.5 Å². The second-order valence-corrected chi connectivity index (χ2v) is 5.33. The Kier molecular flexibility index (Phi) is 3.97. The molecule has 0 unspecified atom stereocenters. The van der Waals surface area contributed by atoms with E-state index in [0.717, 1.165) is 23.2 Å². The van der Waals surface area contributed by atoms with Crippen LogP contribution in [0.3, 0.4) is 0 Å². The average Bonchev–Trinajstić information content (AvgIpc) is 2.54. The van der Waals surface area contributed by atoms with Crippen LogP contribution in [0.2, 0.25) is 0 Å². The number of pyridine rings is 1. The monoisotopic (exact) mass is 330 g/mol. The van der Waals surface area contributed by atoms with Gasteiger partial charge in [0.2, 0.25) is 0 Å². The van der Waals surface area contributed by atoms with Crippen LogP contribution in [0.15, 0.2) is 54.6 Å². The van der Waals surface area contributed by atoms with Gasteiger partial charge in [-0.3, -0.25) is 9.78 Å². The highest BCUT2D eigenvalue weighted by molar-refractivity contribution is 6.09. The van der Waals surface area contributed by atoms with Crippen LogP contribution in [0, 0.1) is 6.92 Å². The van der Waals surface area contributed by atoms with Gasteiger partial charge in [-0.1, -0.05) is 30.3 Å². The SMILES string of the molecule is Cc1ccc2cccc(NC(=O)c3ccccc3C(F)(F)F)c2n1. The Bertz CT molecular complexity index is 920. The van der Waals surface area contributed by atoms with Crippen molar-refractivity contribution < 1.29 is 18.0 Å². The highest BCUT2D eigenvalue weighted by atomic mass is 19.4.